The van der Waals surface area contributed by atoms with E-state index in [0.29, 0.717) is 5.56 Å². The van der Waals surface area contributed by atoms with E-state index in [1.807, 2.05) is 34.9 Å². The van der Waals surface area contributed by atoms with Crippen LogP contribution in [0.4, 0.5) is 0 Å². The molecule has 6 nitrogen and oxygen atoms in total. The number of aromatic nitrogens is 2. The van der Waals surface area contributed by atoms with E-state index in [2.05, 4.69) is 11.1 Å². The molecule has 0 fully saturated rings. The van der Waals surface area contributed by atoms with E-state index in [4.69, 9.17) is 10.8 Å². The SMILES string of the molecule is Br.Br.NC(CC(=O)c1cccc(-c2cn3c(n2)sc2ccccc23)c1)C(=O)O. The van der Waals surface area contributed by atoms with Crippen molar-refractivity contribution in [2.45, 2.75) is 12.5 Å². The molecule has 28 heavy (non-hydrogen) atoms. The van der Waals surface area contributed by atoms with Gasteiger partial charge in [-0.05, 0) is 18.2 Å². The molecule has 9 heteroatoms. The maximum atomic E-state index is 12.3. The number of fused-ring (bicyclic) bond motifs is 3. The monoisotopic (exact) mass is 525 g/mol. The molecule has 0 aliphatic heterocycles. The normalized spacial score (nSPS) is 11.6. The van der Waals surface area contributed by atoms with Crippen molar-refractivity contribution in [1.82, 2.24) is 9.38 Å². The first-order valence-electron chi connectivity index (χ1n) is 8.01. The van der Waals surface area contributed by atoms with Crippen molar-refractivity contribution in [2.24, 2.45) is 5.73 Å². The minimum absolute atomic E-state index is 0. The third kappa shape index (κ3) is 4.17. The van der Waals surface area contributed by atoms with Crippen molar-refractivity contribution in [3.63, 3.8) is 0 Å². The highest BCUT2D eigenvalue weighted by molar-refractivity contribution is 8.93. The lowest BCUT2D eigenvalue weighted by molar-refractivity contribution is -0.138. The van der Waals surface area contributed by atoms with Gasteiger partial charge >= 0.3 is 5.97 Å². The summed E-state index contributed by atoms with van der Waals surface area (Å²) in [6.45, 7) is 0. The maximum Gasteiger partial charge on any atom is 0.320 e. The molecule has 4 aromatic rings. The summed E-state index contributed by atoms with van der Waals surface area (Å²) in [6.07, 6.45) is 1.71. The molecule has 1 unspecified atom stereocenters. The lowest BCUT2D eigenvalue weighted by atomic mass is 10.0. The molecule has 1 atom stereocenters. The fourth-order valence-electron chi connectivity index (χ4n) is 2.84. The Morgan fingerprint density at radius 1 is 1.14 bits per heavy atom. The van der Waals surface area contributed by atoms with Crippen molar-refractivity contribution in [1.29, 1.82) is 0 Å². The van der Waals surface area contributed by atoms with Gasteiger partial charge in [-0.1, -0.05) is 41.7 Å². The molecule has 146 valence electrons. The number of thiazole rings is 1. The van der Waals surface area contributed by atoms with E-state index < -0.39 is 12.0 Å². The summed E-state index contributed by atoms with van der Waals surface area (Å²) in [4.78, 5) is 28.7. The molecule has 0 radical (unpaired) electrons. The molecule has 0 bridgehead atoms. The second-order valence-corrected chi connectivity index (χ2v) is 7.01. The second-order valence-electron chi connectivity index (χ2n) is 6.00. The highest BCUT2D eigenvalue weighted by Crippen LogP contribution is 2.29. The molecule has 0 amide bonds. The van der Waals surface area contributed by atoms with Crippen LogP contribution in [0.25, 0.3) is 26.4 Å². The summed E-state index contributed by atoms with van der Waals surface area (Å²) in [5, 5.41) is 8.87. The van der Waals surface area contributed by atoms with Crippen LogP contribution in [-0.2, 0) is 4.79 Å². The van der Waals surface area contributed by atoms with Gasteiger partial charge < -0.3 is 10.8 Å². The van der Waals surface area contributed by atoms with Crippen molar-refractivity contribution < 1.29 is 14.7 Å². The van der Waals surface area contributed by atoms with E-state index in [1.165, 1.54) is 0 Å². The Morgan fingerprint density at radius 3 is 2.64 bits per heavy atom. The Bertz CT molecular complexity index is 1160. The average molecular weight is 527 g/mol. The smallest absolute Gasteiger partial charge is 0.320 e. The van der Waals surface area contributed by atoms with Crippen molar-refractivity contribution >= 4 is 72.2 Å². The third-order valence-electron chi connectivity index (χ3n) is 4.20. The van der Waals surface area contributed by atoms with Crippen LogP contribution in [-0.4, -0.2) is 32.3 Å². The first kappa shape index (κ1) is 22.2. The van der Waals surface area contributed by atoms with Crippen LogP contribution in [0.15, 0.2) is 54.7 Å². The quantitative estimate of drug-likeness (QED) is 0.376. The largest absolute Gasteiger partial charge is 0.480 e. The van der Waals surface area contributed by atoms with Gasteiger partial charge in [-0.3, -0.25) is 14.0 Å². The van der Waals surface area contributed by atoms with Crippen LogP contribution in [0.2, 0.25) is 0 Å². The molecule has 0 saturated heterocycles. The number of carbonyl (C=O) groups excluding carboxylic acids is 1. The topological polar surface area (TPSA) is 97.7 Å². The van der Waals surface area contributed by atoms with Gasteiger partial charge in [0.15, 0.2) is 10.7 Å². The fraction of sp³-hybridized carbons (Fsp3) is 0.105. The average Bonchev–Trinajstić information content (AvgIpc) is 3.19. The van der Waals surface area contributed by atoms with Crippen molar-refractivity contribution in [3.8, 4) is 11.3 Å². The van der Waals surface area contributed by atoms with E-state index in [-0.39, 0.29) is 46.2 Å². The molecular formula is C19H17Br2N3O3S. The second kappa shape index (κ2) is 8.95. The Hall–Kier alpha value is -2.07. The van der Waals surface area contributed by atoms with Gasteiger partial charge in [0.1, 0.15) is 6.04 Å². The molecule has 0 aliphatic rings. The molecule has 3 N–H and O–H groups in total. The minimum atomic E-state index is -1.20. The molecule has 0 aliphatic carbocycles. The van der Waals surface area contributed by atoms with E-state index in [1.54, 1.807) is 29.5 Å². The van der Waals surface area contributed by atoms with Gasteiger partial charge in [-0.25, -0.2) is 4.98 Å². The molecular weight excluding hydrogens is 510 g/mol. The Labute approximate surface area is 185 Å². The summed E-state index contributed by atoms with van der Waals surface area (Å²) in [6, 6.07) is 13.9. The maximum absolute atomic E-state index is 12.3. The van der Waals surface area contributed by atoms with Gasteiger partial charge in [0, 0.05) is 23.7 Å². The summed E-state index contributed by atoms with van der Waals surface area (Å²) >= 11 is 1.60. The fourth-order valence-corrected chi connectivity index (χ4v) is 3.85. The zero-order chi connectivity index (χ0) is 18.3. The summed E-state index contributed by atoms with van der Waals surface area (Å²) in [5.41, 5.74) is 8.55. The van der Waals surface area contributed by atoms with Gasteiger partial charge in [-0.2, -0.15) is 0 Å². The van der Waals surface area contributed by atoms with Crippen LogP contribution in [0.1, 0.15) is 16.8 Å². The van der Waals surface area contributed by atoms with Crippen LogP contribution < -0.4 is 5.73 Å². The van der Waals surface area contributed by atoms with Gasteiger partial charge in [0.2, 0.25) is 0 Å². The van der Waals surface area contributed by atoms with E-state index in [0.717, 1.165) is 26.4 Å². The van der Waals surface area contributed by atoms with Crippen LogP contribution >= 0.6 is 45.3 Å². The Balaban J connectivity index is 0.00000140. The molecule has 2 aromatic carbocycles. The first-order valence-corrected chi connectivity index (χ1v) is 8.83. The number of carboxylic acids is 1. The lowest BCUT2D eigenvalue weighted by Gasteiger charge is -2.06. The first-order chi connectivity index (χ1) is 12.5. The standard InChI is InChI=1S/C19H15N3O3S.2BrH/c20-13(18(24)25)9-16(23)12-5-3-4-11(8-12)14-10-22-15-6-1-2-7-17(15)26-19(22)21-14;;/h1-8,10,13H,9,20H2,(H,24,25);2*1H. The number of rotatable bonds is 5. The molecule has 2 heterocycles. The molecule has 0 spiro atoms. The number of hydrogen-bond acceptors (Lipinski definition) is 5. The van der Waals surface area contributed by atoms with E-state index in [9.17, 15) is 9.59 Å². The molecule has 4 rings (SSSR count). The number of aliphatic carboxylic acids is 1. The van der Waals surface area contributed by atoms with Crippen molar-refractivity contribution in [3.05, 3.63) is 60.3 Å². The Kier molecular flexibility index (Phi) is 7.11. The number of nitrogens with zero attached hydrogens (tertiary/aromatic N) is 2. The minimum Gasteiger partial charge on any atom is -0.480 e. The predicted molar refractivity (Wildman–Crippen MR) is 121 cm³/mol. The molecule has 0 saturated carbocycles. The zero-order valence-corrected chi connectivity index (χ0v) is 18.7. The van der Waals surface area contributed by atoms with Crippen LogP contribution in [0.5, 0.6) is 0 Å². The van der Waals surface area contributed by atoms with Crippen LogP contribution in [0, 0.1) is 0 Å². The lowest BCUT2D eigenvalue weighted by Crippen LogP contribution is -2.32. The number of para-hydroxylation sites is 1. The summed E-state index contributed by atoms with van der Waals surface area (Å²) < 4.78 is 3.19. The van der Waals surface area contributed by atoms with Crippen LogP contribution in [0.3, 0.4) is 0 Å². The highest BCUT2D eigenvalue weighted by atomic mass is 79.9. The number of Topliss-reactive ketones (excluding diaryl/α,β-unsaturated/α-hetero) is 1. The van der Waals surface area contributed by atoms with Gasteiger partial charge in [0.25, 0.3) is 0 Å². The Morgan fingerprint density at radius 2 is 1.89 bits per heavy atom. The van der Waals surface area contributed by atoms with Gasteiger partial charge in [-0.15, -0.1) is 34.0 Å². The van der Waals surface area contributed by atoms with Crippen molar-refractivity contribution in [2.75, 3.05) is 0 Å². The number of carbonyl (C=O) groups is 2. The number of hydrogen-bond donors (Lipinski definition) is 2. The highest BCUT2D eigenvalue weighted by Gasteiger charge is 2.18. The number of nitrogens with two attached hydrogens (primary N) is 1. The van der Waals surface area contributed by atoms with Gasteiger partial charge in [0.05, 0.1) is 15.9 Å². The summed E-state index contributed by atoms with van der Waals surface area (Å²) in [7, 11) is 0. The van der Waals surface area contributed by atoms with E-state index >= 15 is 0 Å². The number of imidazole rings is 1. The third-order valence-corrected chi connectivity index (χ3v) is 5.24. The molecule has 2 aromatic heterocycles. The summed E-state index contributed by atoms with van der Waals surface area (Å²) in [5.74, 6) is -1.48. The number of benzene rings is 2. The predicted octanol–water partition coefficient (Wildman–Crippen LogP) is 4.36. The zero-order valence-electron chi connectivity index (χ0n) is 14.4. The number of carboxylic acid groups (broad SMARTS) is 1. The number of halogens is 2. The number of ketones is 1.